The van der Waals surface area contributed by atoms with Crippen LogP contribution in [0.1, 0.15) is 18.1 Å². The quantitative estimate of drug-likeness (QED) is 0.706. The zero-order valence-electron chi connectivity index (χ0n) is 7.67. The molecule has 0 saturated heterocycles. The Labute approximate surface area is 91.0 Å². The number of rotatable bonds is 4. The van der Waals surface area contributed by atoms with E-state index in [9.17, 15) is 15.0 Å². The third-order valence-electron chi connectivity index (χ3n) is 1.86. The van der Waals surface area contributed by atoms with Crippen LogP contribution >= 0.6 is 11.6 Å². The molecule has 2 atom stereocenters. The second-order valence-electron chi connectivity index (χ2n) is 3.01. The molecule has 0 fully saturated rings. The lowest BCUT2D eigenvalue weighted by Gasteiger charge is -2.16. The number of pyridine rings is 1. The highest BCUT2D eigenvalue weighted by Crippen LogP contribution is 2.25. The Balaban J connectivity index is 2.80. The van der Waals surface area contributed by atoms with Crippen molar-refractivity contribution in [3.63, 3.8) is 0 Å². The van der Waals surface area contributed by atoms with Gasteiger partial charge in [-0.05, 0) is 6.07 Å². The van der Waals surface area contributed by atoms with Gasteiger partial charge in [0.2, 0.25) is 0 Å². The number of hydrogen-bond donors (Lipinski definition) is 3. The van der Waals surface area contributed by atoms with Crippen molar-refractivity contribution in [2.24, 2.45) is 0 Å². The van der Waals surface area contributed by atoms with Gasteiger partial charge >= 0.3 is 5.97 Å². The summed E-state index contributed by atoms with van der Waals surface area (Å²) in [6.07, 6.45) is -0.571. The van der Waals surface area contributed by atoms with Crippen LogP contribution in [-0.2, 0) is 4.79 Å². The molecule has 82 valence electrons. The average molecular weight is 232 g/mol. The SMILES string of the molecule is O=C(O)CC(O)C(O)c1cnccc1Cl. The Morgan fingerprint density at radius 1 is 1.53 bits per heavy atom. The second-order valence-corrected chi connectivity index (χ2v) is 3.41. The first kappa shape index (κ1) is 11.9. The summed E-state index contributed by atoms with van der Waals surface area (Å²) in [5.41, 5.74) is 0.216. The van der Waals surface area contributed by atoms with Crippen LogP contribution in [0.4, 0.5) is 0 Å². The molecule has 0 radical (unpaired) electrons. The minimum atomic E-state index is -1.40. The highest BCUT2D eigenvalue weighted by atomic mass is 35.5. The van der Waals surface area contributed by atoms with E-state index in [-0.39, 0.29) is 10.6 Å². The lowest BCUT2D eigenvalue weighted by atomic mass is 10.0. The predicted octanol–water partition coefficient (Wildman–Crippen LogP) is 0.604. The van der Waals surface area contributed by atoms with Gasteiger partial charge in [-0.3, -0.25) is 9.78 Å². The van der Waals surface area contributed by atoms with Gasteiger partial charge in [0.1, 0.15) is 6.10 Å². The summed E-state index contributed by atoms with van der Waals surface area (Å²) in [5, 5.41) is 27.6. The van der Waals surface area contributed by atoms with E-state index in [1.54, 1.807) is 0 Å². The molecule has 6 heteroatoms. The van der Waals surface area contributed by atoms with Crippen LogP contribution in [0.3, 0.4) is 0 Å². The van der Waals surface area contributed by atoms with E-state index >= 15 is 0 Å². The minimum absolute atomic E-state index is 0.216. The molecule has 0 aromatic carbocycles. The Bertz CT molecular complexity index is 358. The summed E-state index contributed by atoms with van der Waals surface area (Å²) in [5.74, 6) is -1.19. The third-order valence-corrected chi connectivity index (χ3v) is 2.21. The molecule has 1 aromatic rings. The fourth-order valence-corrected chi connectivity index (χ4v) is 1.32. The van der Waals surface area contributed by atoms with Gasteiger partial charge in [0.25, 0.3) is 0 Å². The molecule has 0 saturated carbocycles. The summed E-state index contributed by atoms with van der Waals surface area (Å²) in [4.78, 5) is 14.0. The van der Waals surface area contributed by atoms with E-state index in [4.69, 9.17) is 16.7 Å². The zero-order chi connectivity index (χ0) is 11.4. The van der Waals surface area contributed by atoms with Crippen molar-refractivity contribution < 1.29 is 20.1 Å². The molecule has 2 unspecified atom stereocenters. The standard InChI is InChI=1S/C9H10ClNO4/c10-6-1-2-11-4-5(6)9(15)7(12)3-8(13)14/h1-2,4,7,9,12,15H,3H2,(H,13,14). The molecule has 0 amide bonds. The maximum atomic E-state index is 10.3. The molecule has 1 aromatic heterocycles. The summed E-state index contributed by atoms with van der Waals surface area (Å²) < 4.78 is 0. The molecule has 0 aliphatic carbocycles. The molecule has 3 N–H and O–H groups in total. The molecule has 0 bridgehead atoms. The Hall–Kier alpha value is -1.17. The van der Waals surface area contributed by atoms with Crippen molar-refractivity contribution in [2.45, 2.75) is 18.6 Å². The molecule has 0 spiro atoms. The van der Waals surface area contributed by atoms with Crippen LogP contribution < -0.4 is 0 Å². The molecule has 0 aliphatic heterocycles. The van der Waals surface area contributed by atoms with Gasteiger partial charge in [0.05, 0.1) is 12.5 Å². The van der Waals surface area contributed by atoms with Crippen molar-refractivity contribution in [1.82, 2.24) is 4.98 Å². The van der Waals surface area contributed by atoms with Crippen molar-refractivity contribution in [1.29, 1.82) is 0 Å². The number of aliphatic hydroxyl groups excluding tert-OH is 2. The summed E-state index contributed by atoms with van der Waals surface area (Å²) in [6.45, 7) is 0. The minimum Gasteiger partial charge on any atom is -0.481 e. The monoisotopic (exact) mass is 231 g/mol. The van der Waals surface area contributed by atoms with Crippen molar-refractivity contribution in [3.8, 4) is 0 Å². The zero-order valence-corrected chi connectivity index (χ0v) is 8.42. The largest absolute Gasteiger partial charge is 0.481 e. The fourth-order valence-electron chi connectivity index (χ4n) is 1.11. The van der Waals surface area contributed by atoms with E-state index in [1.165, 1.54) is 18.5 Å². The van der Waals surface area contributed by atoms with Crippen molar-refractivity contribution in [2.75, 3.05) is 0 Å². The fraction of sp³-hybridized carbons (Fsp3) is 0.333. The summed E-state index contributed by atoms with van der Waals surface area (Å²) >= 11 is 5.74. The van der Waals surface area contributed by atoms with E-state index in [0.717, 1.165) is 0 Å². The maximum Gasteiger partial charge on any atom is 0.306 e. The number of halogens is 1. The van der Waals surface area contributed by atoms with Gasteiger partial charge in [-0.1, -0.05) is 11.6 Å². The maximum absolute atomic E-state index is 10.3. The van der Waals surface area contributed by atoms with Gasteiger partial charge in [-0.15, -0.1) is 0 Å². The first-order chi connectivity index (χ1) is 7.02. The Morgan fingerprint density at radius 2 is 2.20 bits per heavy atom. The Morgan fingerprint density at radius 3 is 2.73 bits per heavy atom. The first-order valence-electron chi connectivity index (χ1n) is 4.19. The highest BCUT2D eigenvalue weighted by molar-refractivity contribution is 6.31. The van der Waals surface area contributed by atoms with E-state index in [1.807, 2.05) is 0 Å². The Kier molecular flexibility index (Phi) is 4.02. The molecule has 15 heavy (non-hydrogen) atoms. The smallest absolute Gasteiger partial charge is 0.306 e. The van der Waals surface area contributed by atoms with Crippen molar-refractivity contribution in [3.05, 3.63) is 29.0 Å². The van der Waals surface area contributed by atoms with E-state index in [2.05, 4.69) is 4.98 Å². The topological polar surface area (TPSA) is 90.7 Å². The number of aliphatic hydroxyl groups is 2. The number of hydrogen-bond acceptors (Lipinski definition) is 4. The van der Waals surface area contributed by atoms with Crippen LogP contribution in [0, 0.1) is 0 Å². The van der Waals surface area contributed by atoms with Crippen LogP contribution in [0.25, 0.3) is 0 Å². The number of carboxylic acid groups (broad SMARTS) is 1. The van der Waals surface area contributed by atoms with Gasteiger partial charge in [0.15, 0.2) is 0 Å². The van der Waals surface area contributed by atoms with Crippen LogP contribution in [-0.4, -0.2) is 32.4 Å². The molecule has 0 aliphatic rings. The van der Waals surface area contributed by atoms with Gasteiger partial charge in [-0.2, -0.15) is 0 Å². The lowest BCUT2D eigenvalue weighted by Crippen LogP contribution is -2.22. The van der Waals surface area contributed by atoms with E-state index < -0.39 is 24.6 Å². The molecule has 1 heterocycles. The van der Waals surface area contributed by atoms with Crippen LogP contribution in [0.5, 0.6) is 0 Å². The van der Waals surface area contributed by atoms with E-state index in [0.29, 0.717) is 0 Å². The lowest BCUT2D eigenvalue weighted by molar-refractivity contribution is -0.141. The highest BCUT2D eigenvalue weighted by Gasteiger charge is 2.23. The molecular weight excluding hydrogens is 222 g/mol. The second kappa shape index (κ2) is 5.06. The number of carboxylic acids is 1. The summed E-state index contributed by atoms with van der Waals surface area (Å²) in [7, 11) is 0. The average Bonchev–Trinajstić information content (AvgIpc) is 2.16. The summed E-state index contributed by atoms with van der Waals surface area (Å²) in [6, 6.07) is 1.45. The molecular formula is C9H10ClNO4. The van der Waals surface area contributed by atoms with Gasteiger partial charge in [0, 0.05) is 23.0 Å². The third kappa shape index (κ3) is 3.16. The number of nitrogens with zero attached hydrogens (tertiary/aromatic N) is 1. The molecule has 1 rings (SSSR count). The van der Waals surface area contributed by atoms with Gasteiger partial charge < -0.3 is 15.3 Å². The first-order valence-corrected chi connectivity index (χ1v) is 4.57. The number of aromatic nitrogens is 1. The van der Waals surface area contributed by atoms with Crippen molar-refractivity contribution >= 4 is 17.6 Å². The van der Waals surface area contributed by atoms with Crippen LogP contribution in [0.2, 0.25) is 5.02 Å². The van der Waals surface area contributed by atoms with Crippen LogP contribution in [0.15, 0.2) is 18.5 Å². The number of carbonyl (C=O) groups is 1. The normalized spacial score (nSPS) is 14.6. The predicted molar refractivity (Wildman–Crippen MR) is 52.5 cm³/mol. The number of aliphatic carboxylic acids is 1. The molecule has 5 nitrogen and oxygen atoms in total. The van der Waals surface area contributed by atoms with Gasteiger partial charge in [-0.25, -0.2) is 0 Å².